The Morgan fingerprint density at radius 1 is 1.26 bits per heavy atom. The highest BCUT2D eigenvalue weighted by atomic mass is 19.4. The summed E-state index contributed by atoms with van der Waals surface area (Å²) < 4.78 is 52.1. The first-order valence-corrected chi connectivity index (χ1v) is 9.73. The van der Waals surface area contributed by atoms with Gasteiger partial charge in [0.1, 0.15) is 23.6 Å². The molecule has 3 aromatic rings. The van der Waals surface area contributed by atoms with Gasteiger partial charge in [-0.1, -0.05) is 0 Å². The number of benzene rings is 1. The number of H-pyrrole nitrogens is 1. The quantitative estimate of drug-likeness (QED) is 0.532. The summed E-state index contributed by atoms with van der Waals surface area (Å²) in [5.41, 5.74) is -0.493. The molecule has 31 heavy (non-hydrogen) atoms. The predicted molar refractivity (Wildman–Crippen MR) is 107 cm³/mol. The Morgan fingerprint density at radius 3 is 2.90 bits per heavy atom. The molecule has 4 rings (SSSR count). The summed E-state index contributed by atoms with van der Waals surface area (Å²) in [4.78, 5) is 25.7. The lowest BCUT2D eigenvalue weighted by molar-refractivity contribution is -0.137. The zero-order chi connectivity index (χ0) is 22.0. The molecule has 164 valence electrons. The number of nitrogens with one attached hydrogen (secondary N) is 3. The summed E-state index contributed by atoms with van der Waals surface area (Å²) in [5.74, 6) is -0.630. The summed E-state index contributed by atoms with van der Waals surface area (Å²) in [6, 6.07) is 3.97. The fraction of sp³-hybridized carbons (Fsp3) is 0.350. The highest BCUT2D eigenvalue weighted by Crippen LogP contribution is 2.31. The molecule has 1 unspecified atom stereocenters. The van der Waals surface area contributed by atoms with Crippen molar-refractivity contribution in [1.29, 1.82) is 0 Å². The van der Waals surface area contributed by atoms with E-state index in [2.05, 4.69) is 25.6 Å². The molecule has 0 radical (unpaired) electrons. The van der Waals surface area contributed by atoms with Crippen molar-refractivity contribution in [3.05, 3.63) is 48.2 Å². The van der Waals surface area contributed by atoms with Crippen LogP contribution in [0.25, 0.3) is 11.0 Å². The Hall–Kier alpha value is -3.37. The van der Waals surface area contributed by atoms with Crippen molar-refractivity contribution >= 4 is 28.4 Å². The second-order valence-electron chi connectivity index (χ2n) is 7.37. The van der Waals surface area contributed by atoms with Crippen LogP contribution in [0.15, 0.2) is 36.8 Å². The van der Waals surface area contributed by atoms with Crippen LogP contribution >= 0.6 is 0 Å². The number of nitrogens with zero attached hydrogens (tertiary/aromatic N) is 3. The lowest BCUT2D eigenvalue weighted by Gasteiger charge is -2.33. The number of alkyl halides is 3. The molecule has 1 fully saturated rings. The number of halogens is 4. The Morgan fingerprint density at radius 2 is 2.10 bits per heavy atom. The number of rotatable bonds is 5. The topological polar surface area (TPSA) is 85.9 Å². The van der Waals surface area contributed by atoms with Crippen molar-refractivity contribution in [2.24, 2.45) is 0 Å². The van der Waals surface area contributed by atoms with E-state index < -0.39 is 17.6 Å². The molecular formula is C20H20F4N6O. The van der Waals surface area contributed by atoms with E-state index in [1.54, 1.807) is 11.1 Å². The van der Waals surface area contributed by atoms with Gasteiger partial charge in [0, 0.05) is 31.0 Å². The van der Waals surface area contributed by atoms with Gasteiger partial charge in [-0.05, 0) is 37.1 Å². The van der Waals surface area contributed by atoms with Crippen LogP contribution in [0, 0.1) is 5.82 Å². The van der Waals surface area contributed by atoms with E-state index in [1.165, 1.54) is 6.33 Å². The molecule has 1 aromatic carbocycles. The summed E-state index contributed by atoms with van der Waals surface area (Å²) >= 11 is 0. The van der Waals surface area contributed by atoms with Gasteiger partial charge in [-0.15, -0.1) is 0 Å². The first-order chi connectivity index (χ1) is 14.8. The van der Waals surface area contributed by atoms with Crippen molar-refractivity contribution in [2.75, 3.05) is 30.3 Å². The molecule has 3 heterocycles. The second-order valence-corrected chi connectivity index (χ2v) is 7.37. The Kier molecular flexibility index (Phi) is 5.66. The summed E-state index contributed by atoms with van der Waals surface area (Å²) in [7, 11) is 0. The largest absolute Gasteiger partial charge is 0.416 e. The lowest BCUT2D eigenvalue weighted by Crippen LogP contribution is -2.47. The molecule has 1 amide bonds. The molecule has 1 atom stereocenters. The van der Waals surface area contributed by atoms with E-state index in [-0.39, 0.29) is 24.2 Å². The molecular weight excluding hydrogens is 416 g/mol. The molecule has 1 aliphatic rings. The lowest BCUT2D eigenvalue weighted by atomic mass is 10.1. The van der Waals surface area contributed by atoms with Gasteiger partial charge in [-0.2, -0.15) is 13.2 Å². The van der Waals surface area contributed by atoms with Gasteiger partial charge in [0.05, 0.1) is 17.5 Å². The third-order valence-electron chi connectivity index (χ3n) is 5.14. The van der Waals surface area contributed by atoms with Gasteiger partial charge in [-0.3, -0.25) is 4.79 Å². The van der Waals surface area contributed by atoms with Gasteiger partial charge >= 0.3 is 6.18 Å². The highest BCUT2D eigenvalue weighted by molar-refractivity contribution is 5.87. The van der Waals surface area contributed by atoms with E-state index in [0.29, 0.717) is 30.6 Å². The summed E-state index contributed by atoms with van der Waals surface area (Å²) in [6.07, 6.45) is 0.156. The number of anilines is 2. The number of carbonyl (C=O) groups excluding carboxylic acids is 1. The smallest absolute Gasteiger partial charge is 0.376 e. The summed E-state index contributed by atoms with van der Waals surface area (Å²) in [5, 5.41) is 6.79. The standard InChI is InChI=1S/C20H20F4N6O/c21-13-6-12(20(22,23)24)7-15(8-13)26-9-17(31)30-5-1-2-14(10-30)29-19-16-3-4-25-18(16)27-11-28-19/h3-4,6-8,11,14,26H,1-2,5,9-10H2,(H2,25,27,28,29). The van der Waals surface area contributed by atoms with E-state index in [4.69, 9.17) is 0 Å². The molecule has 0 spiro atoms. The van der Waals surface area contributed by atoms with Gasteiger partial charge in [0.25, 0.3) is 0 Å². The zero-order valence-electron chi connectivity index (χ0n) is 16.3. The number of fused-ring (bicyclic) bond motifs is 1. The fourth-order valence-electron chi connectivity index (χ4n) is 3.65. The van der Waals surface area contributed by atoms with Crippen molar-refractivity contribution in [3.8, 4) is 0 Å². The molecule has 7 nitrogen and oxygen atoms in total. The predicted octanol–water partition coefficient (Wildman–Crippen LogP) is 3.63. The first-order valence-electron chi connectivity index (χ1n) is 9.73. The Bertz CT molecular complexity index is 1080. The minimum atomic E-state index is -4.67. The highest BCUT2D eigenvalue weighted by Gasteiger charge is 2.31. The SMILES string of the molecule is O=C(CNc1cc(F)cc(C(F)(F)F)c1)N1CCCC(Nc2ncnc3[nH]ccc23)C1. The number of hydrogen-bond donors (Lipinski definition) is 3. The van der Waals surface area contributed by atoms with Crippen LogP contribution < -0.4 is 10.6 Å². The number of aromatic amines is 1. The van der Waals surface area contributed by atoms with E-state index >= 15 is 0 Å². The number of piperidine rings is 1. The third kappa shape index (κ3) is 4.86. The first kappa shape index (κ1) is 20.9. The van der Waals surface area contributed by atoms with Crippen molar-refractivity contribution in [2.45, 2.75) is 25.1 Å². The number of aromatic nitrogens is 3. The number of carbonyl (C=O) groups is 1. The van der Waals surface area contributed by atoms with Crippen LogP contribution in [0.2, 0.25) is 0 Å². The minimum absolute atomic E-state index is 0.0308. The molecule has 1 saturated heterocycles. The fourth-order valence-corrected chi connectivity index (χ4v) is 3.65. The van der Waals surface area contributed by atoms with Gasteiger partial charge in [0.2, 0.25) is 5.91 Å². The second kappa shape index (κ2) is 8.40. The maximum absolute atomic E-state index is 13.5. The molecule has 0 bridgehead atoms. The normalized spacial score (nSPS) is 17.0. The van der Waals surface area contributed by atoms with E-state index in [1.807, 2.05) is 6.07 Å². The maximum Gasteiger partial charge on any atom is 0.416 e. The van der Waals surface area contributed by atoms with Crippen LogP contribution in [-0.4, -0.2) is 51.4 Å². The zero-order valence-corrected chi connectivity index (χ0v) is 16.3. The molecule has 2 aromatic heterocycles. The van der Waals surface area contributed by atoms with Crippen molar-refractivity contribution < 1.29 is 22.4 Å². The Balaban J connectivity index is 1.37. The third-order valence-corrected chi connectivity index (χ3v) is 5.14. The average molecular weight is 436 g/mol. The molecule has 0 saturated carbocycles. The van der Waals surface area contributed by atoms with Gasteiger partial charge in [-0.25, -0.2) is 14.4 Å². The average Bonchev–Trinajstić information content (AvgIpc) is 3.21. The van der Waals surface area contributed by atoms with Gasteiger partial charge in [0.15, 0.2) is 0 Å². The van der Waals surface area contributed by atoms with Crippen LogP contribution in [0.1, 0.15) is 18.4 Å². The summed E-state index contributed by atoms with van der Waals surface area (Å²) in [6.45, 7) is 0.732. The van der Waals surface area contributed by atoms with Crippen LogP contribution in [0.5, 0.6) is 0 Å². The van der Waals surface area contributed by atoms with Crippen LogP contribution in [-0.2, 0) is 11.0 Å². The van der Waals surface area contributed by atoms with Gasteiger partial charge < -0.3 is 20.5 Å². The van der Waals surface area contributed by atoms with E-state index in [9.17, 15) is 22.4 Å². The number of amides is 1. The van der Waals surface area contributed by atoms with Crippen LogP contribution in [0.4, 0.5) is 29.1 Å². The molecule has 0 aliphatic carbocycles. The molecule has 11 heteroatoms. The van der Waals surface area contributed by atoms with Crippen molar-refractivity contribution in [1.82, 2.24) is 19.9 Å². The number of likely N-dealkylation sites (tertiary alicyclic amines) is 1. The van der Waals surface area contributed by atoms with Crippen LogP contribution in [0.3, 0.4) is 0 Å². The molecule has 3 N–H and O–H groups in total. The minimum Gasteiger partial charge on any atom is -0.376 e. The van der Waals surface area contributed by atoms with Crippen molar-refractivity contribution in [3.63, 3.8) is 0 Å². The maximum atomic E-state index is 13.5. The number of hydrogen-bond acceptors (Lipinski definition) is 5. The Labute approximate surface area is 174 Å². The van der Waals surface area contributed by atoms with E-state index in [0.717, 1.165) is 30.4 Å². The molecule has 1 aliphatic heterocycles. The monoisotopic (exact) mass is 436 g/mol.